The van der Waals surface area contributed by atoms with Crippen LogP contribution < -0.4 is 11.1 Å². The van der Waals surface area contributed by atoms with E-state index in [1.165, 1.54) is 0 Å². The van der Waals surface area contributed by atoms with Crippen LogP contribution in [0.15, 0.2) is 12.4 Å². The van der Waals surface area contributed by atoms with Gasteiger partial charge in [-0.1, -0.05) is 13.8 Å². The van der Waals surface area contributed by atoms with Crippen molar-refractivity contribution in [3.63, 3.8) is 0 Å². The van der Waals surface area contributed by atoms with E-state index < -0.39 is 0 Å². The highest BCUT2D eigenvalue weighted by Crippen LogP contribution is 2.14. The Labute approximate surface area is 127 Å². The molecular weight excluding hydrogens is 276 g/mol. The fourth-order valence-corrected chi connectivity index (χ4v) is 1.67. The lowest BCUT2D eigenvalue weighted by Gasteiger charge is -2.26. The number of halogens is 1. The minimum Gasteiger partial charge on any atom is -0.350 e. The first-order valence-electron chi connectivity index (χ1n) is 6.84. The van der Waals surface area contributed by atoms with Crippen molar-refractivity contribution in [2.75, 3.05) is 6.54 Å². The molecule has 6 heteroatoms. The van der Waals surface area contributed by atoms with Crippen LogP contribution in [-0.2, 0) is 5.54 Å². The van der Waals surface area contributed by atoms with E-state index in [0.29, 0.717) is 12.1 Å². The highest BCUT2D eigenvalue weighted by atomic mass is 35.5. The Hall–Kier alpha value is -1.07. The highest BCUT2D eigenvalue weighted by molar-refractivity contribution is 5.93. The summed E-state index contributed by atoms with van der Waals surface area (Å²) in [5.74, 6) is -0.118. The van der Waals surface area contributed by atoms with E-state index >= 15 is 0 Å². The van der Waals surface area contributed by atoms with Gasteiger partial charge in [0, 0.05) is 18.3 Å². The monoisotopic (exact) mass is 302 g/mol. The second-order valence-corrected chi connectivity index (χ2v) is 6.10. The van der Waals surface area contributed by atoms with Gasteiger partial charge in [0.2, 0.25) is 0 Å². The van der Waals surface area contributed by atoms with Gasteiger partial charge >= 0.3 is 0 Å². The Kier molecular flexibility index (Phi) is 6.71. The first-order valence-corrected chi connectivity index (χ1v) is 6.84. The Morgan fingerprint density at radius 3 is 2.30 bits per heavy atom. The van der Waals surface area contributed by atoms with Crippen LogP contribution in [0, 0.1) is 0 Å². The smallest absolute Gasteiger partial charge is 0.254 e. The Morgan fingerprint density at radius 2 is 1.90 bits per heavy atom. The van der Waals surface area contributed by atoms with E-state index in [2.05, 4.69) is 10.4 Å². The molecular formula is C14H27ClN4O. The summed E-state index contributed by atoms with van der Waals surface area (Å²) < 4.78 is 1.79. The average Bonchev–Trinajstić information content (AvgIpc) is 2.85. The van der Waals surface area contributed by atoms with Gasteiger partial charge < -0.3 is 11.1 Å². The number of hydrogen-bond donors (Lipinski definition) is 2. The molecule has 0 bridgehead atoms. The van der Waals surface area contributed by atoms with Gasteiger partial charge in [0.25, 0.3) is 5.91 Å². The first-order chi connectivity index (χ1) is 8.72. The number of hydrogen-bond acceptors (Lipinski definition) is 3. The van der Waals surface area contributed by atoms with Crippen LogP contribution in [0.25, 0.3) is 0 Å². The molecule has 1 amide bonds. The molecule has 0 radical (unpaired) electrons. The summed E-state index contributed by atoms with van der Waals surface area (Å²) in [6, 6.07) is 0. The molecule has 20 heavy (non-hydrogen) atoms. The number of nitrogens with zero attached hydrogens (tertiary/aromatic N) is 2. The van der Waals surface area contributed by atoms with Crippen LogP contribution >= 0.6 is 12.4 Å². The van der Waals surface area contributed by atoms with Gasteiger partial charge in [-0.2, -0.15) is 5.10 Å². The van der Waals surface area contributed by atoms with Gasteiger partial charge in [-0.15, -0.1) is 12.4 Å². The molecule has 0 saturated carbocycles. The zero-order valence-electron chi connectivity index (χ0n) is 13.1. The van der Waals surface area contributed by atoms with Gasteiger partial charge in [-0.25, -0.2) is 0 Å². The fraction of sp³-hybridized carbons (Fsp3) is 0.714. The van der Waals surface area contributed by atoms with E-state index in [4.69, 9.17) is 5.73 Å². The predicted octanol–water partition coefficient (Wildman–Crippen LogP) is 2.31. The molecule has 0 unspecified atom stereocenters. The van der Waals surface area contributed by atoms with E-state index in [1.54, 1.807) is 17.1 Å². The zero-order valence-corrected chi connectivity index (χ0v) is 13.9. The summed E-state index contributed by atoms with van der Waals surface area (Å²) in [6.07, 6.45) is 5.04. The maximum atomic E-state index is 12.0. The Bertz CT molecular complexity index is 433. The fourth-order valence-electron chi connectivity index (χ4n) is 1.67. The third-order valence-corrected chi connectivity index (χ3v) is 3.54. The van der Waals surface area contributed by atoms with Crippen molar-refractivity contribution in [2.45, 2.75) is 58.5 Å². The van der Waals surface area contributed by atoms with Gasteiger partial charge in [0.15, 0.2) is 0 Å². The molecule has 0 aromatic carbocycles. The lowest BCUT2D eigenvalue weighted by molar-refractivity contribution is 0.0942. The van der Waals surface area contributed by atoms with Gasteiger partial charge in [-0.05, 0) is 33.6 Å². The molecule has 1 aromatic rings. The average molecular weight is 303 g/mol. The van der Waals surface area contributed by atoms with Crippen molar-refractivity contribution in [1.29, 1.82) is 0 Å². The maximum Gasteiger partial charge on any atom is 0.254 e. The number of nitrogens with one attached hydrogen (secondary N) is 1. The van der Waals surface area contributed by atoms with E-state index in [1.807, 2.05) is 34.6 Å². The summed E-state index contributed by atoms with van der Waals surface area (Å²) in [5, 5.41) is 7.11. The number of nitrogens with two attached hydrogens (primary N) is 1. The molecule has 1 rings (SSSR count). The normalized spacial score (nSPS) is 11.9. The zero-order chi connectivity index (χ0) is 14.7. The molecule has 0 saturated heterocycles. The third-order valence-electron chi connectivity index (χ3n) is 3.54. The molecule has 0 atom stereocenters. The van der Waals surface area contributed by atoms with Crippen molar-refractivity contribution in [3.8, 4) is 0 Å². The first kappa shape index (κ1) is 18.9. The Balaban J connectivity index is 0.00000361. The molecule has 5 nitrogen and oxygen atoms in total. The van der Waals surface area contributed by atoms with Crippen LogP contribution in [0.5, 0.6) is 0 Å². The maximum absolute atomic E-state index is 12.0. The van der Waals surface area contributed by atoms with Crippen LogP contribution in [-0.4, -0.2) is 27.8 Å². The molecule has 1 heterocycles. The summed E-state index contributed by atoms with van der Waals surface area (Å²) in [6.45, 7) is 10.7. The second kappa shape index (κ2) is 7.09. The predicted molar refractivity (Wildman–Crippen MR) is 84.3 cm³/mol. The molecule has 0 spiro atoms. The Morgan fingerprint density at radius 1 is 1.35 bits per heavy atom. The van der Waals surface area contributed by atoms with Crippen molar-refractivity contribution < 1.29 is 4.79 Å². The van der Waals surface area contributed by atoms with E-state index in [0.717, 1.165) is 12.8 Å². The quantitative estimate of drug-likeness (QED) is 0.876. The standard InChI is InChI=1S/C14H26N4O.ClH/c1-6-14(15,7-2)10-16-12(19)11-8-17-18(9-11)13(3,4)5;/h8-9H,6-7,10,15H2,1-5H3,(H,16,19);1H. The van der Waals surface area contributed by atoms with Gasteiger partial charge in [0.05, 0.1) is 17.3 Å². The number of aromatic nitrogens is 2. The molecule has 3 N–H and O–H groups in total. The van der Waals surface area contributed by atoms with Crippen molar-refractivity contribution in [1.82, 2.24) is 15.1 Å². The number of amides is 1. The van der Waals surface area contributed by atoms with E-state index in [-0.39, 0.29) is 29.4 Å². The van der Waals surface area contributed by atoms with Gasteiger partial charge in [0.1, 0.15) is 0 Å². The van der Waals surface area contributed by atoms with Crippen molar-refractivity contribution in [3.05, 3.63) is 18.0 Å². The number of rotatable bonds is 5. The lowest BCUT2D eigenvalue weighted by Crippen LogP contribution is -2.49. The minimum absolute atomic E-state index is 0. The number of carbonyl (C=O) groups is 1. The number of carbonyl (C=O) groups excluding carboxylic acids is 1. The largest absolute Gasteiger partial charge is 0.350 e. The minimum atomic E-state index is -0.324. The topological polar surface area (TPSA) is 72.9 Å². The van der Waals surface area contributed by atoms with Crippen molar-refractivity contribution >= 4 is 18.3 Å². The molecule has 116 valence electrons. The molecule has 1 aromatic heterocycles. The molecule has 0 aliphatic heterocycles. The van der Waals surface area contributed by atoms with Crippen LogP contribution in [0.1, 0.15) is 57.8 Å². The summed E-state index contributed by atoms with van der Waals surface area (Å²) in [4.78, 5) is 12.0. The highest BCUT2D eigenvalue weighted by Gasteiger charge is 2.22. The van der Waals surface area contributed by atoms with Crippen LogP contribution in [0.4, 0.5) is 0 Å². The lowest BCUT2D eigenvalue weighted by atomic mass is 9.94. The molecule has 0 fully saturated rings. The third kappa shape index (κ3) is 4.80. The molecule has 0 aliphatic rings. The summed E-state index contributed by atoms with van der Waals surface area (Å²) in [7, 11) is 0. The molecule has 0 aliphatic carbocycles. The van der Waals surface area contributed by atoms with Crippen molar-refractivity contribution in [2.24, 2.45) is 5.73 Å². The summed E-state index contributed by atoms with van der Waals surface area (Å²) in [5.41, 5.74) is 6.29. The summed E-state index contributed by atoms with van der Waals surface area (Å²) >= 11 is 0. The van der Waals surface area contributed by atoms with E-state index in [9.17, 15) is 4.79 Å². The second-order valence-electron chi connectivity index (χ2n) is 6.10. The SMILES string of the molecule is CCC(N)(CC)CNC(=O)c1cnn(C(C)(C)C)c1.Cl. The van der Waals surface area contributed by atoms with Crippen LogP contribution in [0.3, 0.4) is 0 Å². The van der Waals surface area contributed by atoms with Gasteiger partial charge in [-0.3, -0.25) is 9.48 Å². The van der Waals surface area contributed by atoms with Crippen LogP contribution in [0.2, 0.25) is 0 Å².